The van der Waals surface area contributed by atoms with Crippen LogP contribution >= 0.6 is 23.6 Å². The van der Waals surface area contributed by atoms with Gasteiger partial charge in [0.15, 0.2) is 0 Å². The first kappa shape index (κ1) is 16.4. The first-order valence-corrected chi connectivity index (χ1v) is 9.02. The molecule has 0 unspecified atom stereocenters. The van der Waals surface area contributed by atoms with Gasteiger partial charge < -0.3 is 11.1 Å². The van der Waals surface area contributed by atoms with E-state index in [4.69, 9.17) is 18.0 Å². The van der Waals surface area contributed by atoms with Crippen molar-refractivity contribution in [3.05, 3.63) is 21.9 Å². The number of aryl methyl sites for hydroxylation is 1. The molecule has 1 fully saturated rings. The van der Waals surface area contributed by atoms with E-state index in [9.17, 15) is 4.79 Å². The summed E-state index contributed by atoms with van der Waals surface area (Å²) in [5.74, 6) is 0.0207. The van der Waals surface area contributed by atoms with Gasteiger partial charge in [0.05, 0.1) is 16.9 Å². The third-order valence-electron chi connectivity index (χ3n) is 4.49. The van der Waals surface area contributed by atoms with Crippen molar-refractivity contribution in [2.45, 2.75) is 58.4 Å². The highest BCUT2D eigenvalue weighted by molar-refractivity contribution is 7.80. The normalized spacial score (nSPS) is 18.0. The lowest BCUT2D eigenvalue weighted by molar-refractivity contribution is -0.128. The fourth-order valence-electron chi connectivity index (χ4n) is 3.08. The molecule has 0 spiro atoms. The van der Waals surface area contributed by atoms with Crippen LogP contribution in [0.1, 0.15) is 55.9 Å². The van der Waals surface area contributed by atoms with Crippen molar-refractivity contribution < 1.29 is 4.79 Å². The van der Waals surface area contributed by atoms with E-state index >= 15 is 0 Å². The molecule has 1 aliphatic rings. The molecule has 5 heteroatoms. The van der Waals surface area contributed by atoms with Crippen molar-refractivity contribution in [3.8, 4) is 0 Å². The Morgan fingerprint density at radius 3 is 2.62 bits per heavy atom. The number of hydrogen-bond acceptors (Lipinski definition) is 3. The Balaban J connectivity index is 2.07. The molecule has 0 atom stereocenters. The minimum atomic E-state index is -0.629. The first-order valence-electron chi connectivity index (χ1n) is 7.73. The molecule has 0 aromatic carbocycles. The summed E-state index contributed by atoms with van der Waals surface area (Å²) in [6, 6.07) is 2.13. The van der Waals surface area contributed by atoms with Crippen LogP contribution in [0.4, 0.5) is 0 Å². The van der Waals surface area contributed by atoms with Gasteiger partial charge in [-0.05, 0) is 36.3 Å². The Hall–Kier alpha value is -0.940. The maximum Gasteiger partial charge on any atom is 0.233 e. The highest BCUT2D eigenvalue weighted by atomic mass is 32.1. The third-order valence-corrected chi connectivity index (χ3v) is 5.85. The molecular formula is C16H24N2OS2. The Bertz CT molecular complexity index is 502. The summed E-state index contributed by atoms with van der Waals surface area (Å²) in [6.45, 7) is 2.72. The van der Waals surface area contributed by atoms with E-state index in [-0.39, 0.29) is 5.91 Å². The third kappa shape index (κ3) is 3.64. The van der Waals surface area contributed by atoms with E-state index < -0.39 is 5.41 Å². The summed E-state index contributed by atoms with van der Waals surface area (Å²) >= 11 is 6.94. The molecule has 21 heavy (non-hydrogen) atoms. The number of amides is 1. The van der Waals surface area contributed by atoms with Crippen molar-refractivity contribution in [2.24, 2.45) is 11.1 Å². The maximum absolute atomic E-state index is 12.7. The topological polar surface area (TPSA) is 55.1 Å². The summed E-state index contributed by atoms with van der Waals surface area (Å²) in [5, 5.41) is 5.16. The largest absolute Gasteiger partial charge is 0.392 e. The number of hydrogen-bond donors (Lipinski definition) is 2. The first-order chi connectivity index (χ1) is 10.1. The minimum absolute atomic E-state index is 0.0207. The van der Waals surface area contributed by atoms with E-state index in [1.54, 1.807) is 11.3 Å². The molecule has 1 aromatic rings. The molecule has 1 amide bonds. The van der Waals surface area contributed by atoms with Gasteiger partial charge in [-0.25, -0.2) is 0 Å². The molecule has 0 bridgehead atoms. The Morgan fingerprint density at radius 2 is 2.05 bits per heavy atom. The molecule has 1 saturated carbocycles. The Kier molecular flexibility index (Phi) is 5.76. The van der Waals surface area contributed by atoms with E-state index in [1.807, 2.05) is 0 Å². The average molecular weight is 325 g/mol. The molecule has 3 nitrogen and oxygen atoms in total. The molecule has 0 aliphatic heterocycles. The smallest absolute Gasteiger partial charge is 0.233 e. The van der Waals surface area contributed by atoms with Crippen LogP contribution in [0.2, 0.25) is 0 Å². The minimum Gasteiger partial charge on any atom is -0.392 e. The van der Waals surface area contributed by atoms with Gasteiger partial charge in [-0.15, -0.1) is 11.3 Å². The van der Waals surface area contributed by atoms with Gasteiger partial charge in [0.2, 0.25) is 5.91 Å². The van der Waals surface area contributed by atoms with Gasteiger partial charge >= 0.3 is 0 Å². The van der Waals surface area contributed by atoms with Gasteiger partial charge in [0.25, 0.3) is 0 Å². The molecule has 1 aliphatic carbocycles. The second-order valence-corrected chi connectivity index (χ2v) is 7.21. The molecule has 3 N–H and O–H groups in total. The second kappa shape index (κ2) is 7.36. The van der Waals surface area contributed by atoms with Crippen molar-refractivity contribution >= 4 is 34.5 Å². The lowest BCUT2D eigenvalue weighted by Gasteiger charge is -2.30. The molecule has 1 heterocycles. The van der Waals surface area contributed by atoms with Crippen molar-refractivity contribution in [1.29, 1.82) is 0 Å². The van der Waals surface area contributed by atoms with Gasteiger partial charge in [-0.1, -0.05) is 44.8 Å². The number of nitrogens with one attached hydrogen (secondary N) is 1. The van der Waals surface area contributed by atoms with Crippen LogP contribution in [0, 0.1) is 5.41 Å². The predicted molar refractivity (Wildman–Crippen MR) is 92.5 cm³/mol. The zero-order chi connectivity index (χ0) is 15.3. The lowest BCUT2D eigenvalue weighted by atomic mass is 9.79. The van der Waals surface area contributed by atoms with Crippen molar-refractivity contribution in [1.82, 2.24) is 5.32 Å². The van der Waals surface area contributed by atoms with Crippen molar-refractivity contribution in [2.75, 3.05) is 0 Å². The Morgan fingerprint density at radius 1 is 1.38 bits per heavy atom. The molecule has 1 aromatic heterocycles. The fourth-order valence-corrected chi connectivity index (χ4v) is 4.30. The van der Waals surface area contributed by atoms with Crippen LogP contribution in [0.15, 0.2) is 11.4 Å². The van der Waals surface area contributed by atoms with Gasteiger partial charge in [0, 0.05) is 4.88 Å². The number of thiocarbonyl (C=S) groups is 1. The van der Waals surface area contributed by atoms with E-state index in [2.05, 4.69) is 23.7 Å². The van der Waals surface area contributed by atoms with Gasteiger partial charge in [-0.3, -0.25) is 4.79 Å². The number of nitrogens with two attached hydrogens (primary N) is 1. The lowest BCUT2D eigenvalue weighted by Crippen LogP contribution is -2.48. The zero-order valence-corrected chi connectivity index (χ0v) is 14.2. The molecule has 116 valence electrons. The summed E-state index contributed by atoms with van der Waals surface area (Å²) in [6.07, 6.45) is 6.98. The van der Waals surface area contributed by atoms with E-state index in [1.165, 1.54) is 23.3 Å². The number of carbonyl (C=O) groups excluding carboxylic acids is 1. The highest BCUT2D eigenvalue weighted by Crippen LogP contribution is 2.36. The van der Waals surface area contributed by atoms with Crippen LogP contribution in [0.3, 0.4) is 0 Å². The quantitative estimate of drug-likeness (QED) is 0.643. The van der Waals surface area contributed by atoms with Crippen LogP contribution in [0.5, 0.6) is 0 Å². The summed E-state index contributed by atoms with van der Waals surface area (Å²) in [7, 11) is 0. The summed E-state index contributed by atoms with van der Waals surface area (Å²) in [4.78, 5) is 14.3. The fraction of sp³-hybridized carbons (Fsp3) is 0.625. The zero-order valence-electron chi connectivity index (χ0n) is 12.6. The monoisotopic (exact) mass is 324 g/mol. The number of carbonyl (C=O) groups is 1. The van der Waals surface area contributed by atoms with E-state index in [0.29, 0.717) is 11.5 Å². The standard InChI is InChI=1S/C16H24N2OS2/c1-2-12-7-10-21-13(12)11-18-15(19)16(14(17)20)8-5-3-4-6-9-16/h7,10H,2-6,8-9,11H2,1H3,(H2,17,20)(H,18,19). The molecule has 0 saturated heterocycles. The van der Waals surface area contributed by atoms with Crippen LogP contribution in [0.25, 0.3) is 0 Å². The van der Waals surface area contributed by atoms with Crippen molar-refractivity contribution in [3.63, 3.8) is 0 Å². The molecule has 0 radical (unpaired) electrons. The van der Waals surface area contributed by atoms with Crippen LogP contribution < -0.4 is 11.1 Å². The van der Waals surface area contributed by atoms with E-state index in [0.717, 1.165) is 32.1 Å². The number of rotatable bonds is 5. The molecule has 2 rings (SSSR count). The SMILES string of the molecule is CCc1ccsc1CNC(=O)C1(C(N)=S)CCCCCC1. The number of thiophene rings is 1. The Labute approximate surface area is 136 Å². The van der Waals surface area contributed by atoms with Gasteiger partial charge in [-0.2, -0.15) is 0 Å². The van der Waals surface area contributed by atoms with Crippen LogP contribution in [-0.4, -0.2) is 10.9 Å². The molecular weight excluding hydrogens is 300 g/mol. The average Bonchev–Trinajstić information content (AvgIpc) is 2.77. The highest BCUT2D eigenvalue weighted by Gasteiger charge is 2.41. The summed E-state index contributed by atoms with van der Waals surface area (Å²) in [5.41, 5.74) is 6.63. The van der Waals surface area contributed by atoms with Gasteiger partial charge in [0.1, 0.15) is 0 Å². The second-order valence-electron chi connectivity index (χ2n) is 5.77. The predicted octanol–water partition coefficient (Wildman–Crippen LogP) is 3.55. The van der Waals surface area contributed by atoms with Crippen LogP contribution in [-0.2, 0) is 17.8 Å². The summed E-state index contributed by atoms with van der Waals surface area (Å²) < 4.78 is 0. The maximum atomic E-state index is 12.7.